The predicted octanol–water partition coefficient (Wildman–Crippen LogP) is 0.191. The van der Waals surface area contributed by atoms with Crippen molar-refractivity contribution >= 4 is 17.5 Å². The van der Waals surface area contributed by atoms with Gasteiger partial charge in [-0.25, -0.2) is 0 Å². The van der Waals surface area contributed by atoms with Gasteiger partial charge in [-0.05, 0) is 6.07 Å². The first kappa shape index (κ1) is 16.1. The molecule has 0 fully saturated rings. The van der Waals surface area contributed by atoms with Crippen LogP contribution in [0.4, 0.5) is 5.69 Å². The van der Waals surface area contributed by atoms with Crippen molar-refractivity contribution in [2.24, 2.45) is 5.92 Å². The van der Waals surface area contributed by atoms with Crippen molar-refractivity contribution in [3.63, 3.8) is 0 Å². The molecule has 0 aliphatic heterocycles. The number of para-hydroxylation sites is 1. The topological polar surface area (TPSA) is 104 Å². The van der Waals surface area contributed by atoms with Crippen LogP contribution in [0.3, 0.4) is 0 Å². The second-order valence-corrected chi connectivity index (χ2v) is 4.84. The Balaban J connectivity index is 2.36. The number of imide groups is 1. The number of benzene rings is 1. The number of rotatable bonds is 6. The summed E-state index contributed by atoms with van der Waals surface area (Å²) in [6.07, 6.45) is -0.801. The summed E-state index contributed by atoms with van der Waals surface area (Å²) in [7, 11) is 0. The molecule has 5 N–H and O–H groups in total. The molecule has 0 saturated carbocycles. The van der Waals surface area contributed by atoms with Crippen LogP contribution in [-0.4, -0.2) is 30.0 Å². The van der Waals surface area contributed by atoms with Gasteiger partial charge in [0, 0.05) is 23.7 Å². The summed E-state index contributed by atoms with van der Waals surface area (Å²) in [6, 6.07) is 6.99. The molecular formula is C14H21N3O3. The molecular weight excluding hydrogens is 258 g/mol. The highest BCUT2D eigenvalue weighted by atomic mass is 16.3. The molecule has 0 radical (unpaired) electrons. The number of nitrogens with two attached hydrogens (primary N) is 1. The van der Waals surface area contributed by atoms with Gasteiger partial charge in [-0.1, -0.05) is 32.0 Å². The van der Waals surface area contributed by atoms with Crippen LogP contribution in [0.25, 0.3) is 0 Å². The molecule has 0 bridgehead atoms. The SMILES string of the molecule is CC(C)C(=O)NC(=O)CNCC(O)c1ccccc1N. The zero-order chi connectivity index (χ0) is 15.1. The van der Waals surface area contributed by atoms with E-state index >= 15 is 0 Å². The fraction of sp³-hybridized carbons (Fsp3) is 0.429. The molecule has 1 rings (SSSR count). The van der Waals surface area contributed by atoms with Crippen LogP contribution >= 0.6 is 0 Å². The van der Waals surface area contributed by atoms with Gasteiger partial charge in [0.2, 0.25) is 11.8 Å². The molecule has 2 amide bonds. The van der Waals surface area contributed by atoms with Gasteiger partial charge < -0.3 is 16.2 Å². The van der Waals surface area contributed by atoms with E-state index in [1.165, 1.54) is 0 Å². The molecule has 0 aliphatic carbocycles. The number of aliphatic hydroxyl groups is 1. The number of aliphatic hydroxyl groups excluding tert-OH is 1. The summed E-state index contributed by atoms with van der Waals surface area (Å²) in [6.45, 7) is 3.55. The monoisotopic (exact) mass is 279 g/mol. The molecule has 6 heteroatoms. The summed E-state index contributed by atoms with van der Waals surface area (Å²) < 4.78 is 0. The maximum Gasteiger partial charge on any atom is 0.240 e. The van der Waals surface area contributed by atoms with Crippen molar-refractivity contribution in [1.29, 1.82) is 0 Å². The predicted molar refractivity (Wildman–Crippen MR) is 76.7 cm³/mol. The molecule has 1 aromatic carbocycles. The average Bonchev–Trinajstić information content (AvgIpc) is 2.38. The van der Waals surface area contributed by atoms with Crippen molar-refractivity contribution < 1.29 is 14.7 Å². The van der Waals surface area contributed by atoms with Gasteiger partial charge in [0.05, 0.1) is 12.6 Å². The summed E-state index contributed by atoms with van der Waals surface area (Å²) in [5.41, 5.74) is 6.85. The van der Waals surface area contributed by atoms with E-state index < -0.39 is 12.0 Å². The fourth-order valence-corrected chi connectivity index (χ4v) is 1.57. The smallest absolute Gasteiger partial charge is 0.240 e. The Kier molecular flexibility index (Phi) is 6.14. The molecule has 1 aromatic rings. The van der Waals surface area contributed by atoms with Crippen LogP contribution in [0.2, 0.25) is 0 Å². The Morgan fingerprint density at radius 1 is 1.30 bits per heavy atom. The third-order valence-electron chi connectivity index (χ3n) is 2.77. The molecule has 20 heavy (non-hydrogen) atoms. The first-order chi connectivity index (χ1) is 9.41. The molecule has 6 nitrogen and oxygen atoms in total. The number of carbonyl (C=O) groups excluding carboxylic acids is 2. The van der Waals surface area contributed by atoms with Crippen LogP contribution in [-0.2, 0) is 9.59 Å². The highest BCUT2D eigenvalue weighted by Gasteiger charge is 2.13. The van der Waals surface area contributed by atoms with Crippen molar-refractivity contribution in [3.8, 4) is 0 Å². The first-order valence-electron chi connectivity index (χ1n) is 6.48. The summed E-state index contributed by atoms with van der Waals surface area (Å²) in [5.74, 6) is -0.977. The number of nitrogen functional groups attached to an aromatic ring is 1. The van der Waals surface area contributed by atoms with E-state index in [1.807, 2.05) is 0 Å². The van der Waals surface area contributed by atoms with E-state index in [2.05, 4.69) is 10.6 Å². The number of nitrogens with one attached hydrogen (secondary N) is 2. The quantitative estimate of drug-likeness (QED) is 0.556. The molecule has 0 spiro atoms. The Labute approximate surface area is 118 Å². The Hall–Kier alpha value is -1.92. The summed E-state index contributed by atoms with van der Waals surface area (Å²) in [5, 5.41) is 15.0. The van der Waals surface area contributed by atoms with Gasteiger partial charge in [-0.2, -0.15) is 0 Å². The highest BCUT2D eigenvalue weighted by Crippen LogP contribution is 2.18. The van der Waals surface area contributed by atoms with Crippen LogP contribution < -0.4 is 16.4 Å². The van der Waals surface area contributed by atoms with E-state index in [0.717, 1.165) is 0 Å². The van der Waals surface area contributed by atoms with Gasteiger partial charge in [-0.15, -0.1) is 0 Å². The molecule has 0 aliphatic rings. The maximum atomic E-state index is 11.4. The second-order valence-electron chi connectivity index (χ2n) is 4.84. The molecule has 0 aromatic heterocycles. The normalized spacial score (nSPS) is 12.2. The largest absolute Gasteiger partial charge is 0.398 e. The molecule has 110 valence electrons. The van der Waals surface area contributed by atoms with E-state index in [9.17, 15) is 14.7 Å². The van der Waals surface area contributed by atoms with E-state index in [1.54, 1.807) is 38.1 Å². The first-order valence-corrected chi connectivity index (χ1v) is 6.48. The Morgan fingerprint density at radius 2 is 1.95 bits per heavy atom. The summed E-state index contributed by atoms with van der Waals surface area (Å²) >= 11 is 0. The third kappa shape index (κ3) is 4.99. The minimum absolute atomic E-state index is 0.0394. The Bertz CT molecular complexity index is 474. The van der Waals surface area contributed by atoms with Crippen molar-refractivity contribution in [1.82, 2.24) is 10.6 Å². The summed E-state index contributed by atoms with van der Waals surface area (Å²) in [4.78, 5) is 22.7. The van der Waals surface area contributed by atoms with E-state index in [-0.39, 0.29) is 24.9 Å². The minimum atomic E-state index is -0.801. The molecule has 0 saturated heterocycles. The van der Waals surface area contributed by atoms with Crippen molar-refractivity contribution in [3.05, 3.63) is 29.8 Å². The maximum absolute atomic E-state index is 11.4. The fourth-order valence-electron chi connectivity index (χ4n) is 1.57. The second kappa shape index (κ2) is 7.62. The van der Waals surface area contributed by atoms with Crippen LogP contribution in [0.1, 0.15) is 25.5 Å². The average molecular weight is 279 g/mol. The van der Waals surface area contributed by atoms with Crippen LogP contribution in [0, 0.1) is 5.92 Å². The van der Waals surface area contributed by atoms with E-state index in [4.69, 9.17) is 5.73 Å². The lowest BCUT2D eigenvalue weighted by molar-refractivity contribution is -0.131. The van der Waals surface area contributed by atoms with Gasteiger partial charge in [0.15, 0.2) is 0 Å². The van der Waals surface area contributed by atoms with Crippen LogP contribution in [0.5, 0.6) is 0 Å². The lowest BCUT2D eigenvalue weighted by Gasteiger charge is -2.14. The highest BCUT2D eigenvalue weighted by molar-refractivity contribution is 5.96. The minimum Gasteiger partial charge on any atom is -0.398 e. The molecule has 0 heterocycles. The lowest BCUT2D eigenvalue weighted by Crippen LogP contribution is -2.40. The number of hydrogen-bond acceptors (Lipinski definition) is 5. The lowest BCUT2D eigenvalue weighted by atomic mass is 10.1. The van der Waals surface area contributed by atoms with Crippen LogP contribution in [0.15, 0.2) is 24.3 Å². The van der Waals surface area contributed by atoms with Gasteiger partial charge in [0.25, 0.3) is 0 Å². The van der Waals surface area contributed by atoms with Crippen molar-refractivity contribution in [2.75, 3.05) is 18.8 Å². The zero-order valence-corrected chi connectivity index (χ0v) is 11.7. The standard InChI is InChI=1S/C14H21N3O3/c1-9(2)14(20)17-13(19)8-16-7-12(18)10-5-3-4-6-11(10)15/h3-6,9,12,16,18H,7-8,15H2,1-2H3,(H,17,19,20). The number of amides is 2. The molecule has 1 atom stereocenters. The van der Waals surface area contributed by atoms with Crippen molar-refractivity contribution in [2.45, 2.75) is 20.0 Å². The van der Waals surface area contributed by atoms with E-state index in [0.29, 0.717) is 11.3 Å². The number of carbonyl (C=O) groups is 2. The van der Waals surface area contributed by atoms with Gasteiger partial charge in [-0.3, -0.25) is 14.9 Å². The third-order valence-corrected chi connectivity index (χ3v) is 2.77. The number of anilines is 1. The Morgan fingerprint density at radius 3 is 2.55 bits per heavy atom. The molecule has 1 unspecified atom stereocenters. The van der Waals surface area contributed by atoms with Gasteiger partial charge >= 0.3 is 0 Å². The number of hydrogen-bond donors (Lipinski definition) is 4. The zero-order valence-electron chi connectivity index (χ0n) is 11.7. The van der Waals surface area contributed by atoms with Gasteiger partial charge in [0.1, 0.15) is 0 Å².